The quantitative estimate of drug-likeness (QED) is 0.645. The van der Waals surface area contributed by atoms with Crippen molar-refractivity contribution in [3.8, 4) is 0 Å². The Morgan fingerprint density at radius 1 is 0.929 bits per heavy atom. The number of anilines is 2. The SMILES string of the molecule is CCCNC(=O)c1ccc(NC(=O)c2ccc(NC(=O)C(C)C)cc2)cc1Cl. The molecule has 0 heterocycles. The van der Waals surface area contributed by atoms with Crippen molar-refractivity contribution in [3.05, 3.63) is 58.6 Å². The molecule has 0 unspecified atom stereocenters. The number of hydrogen-bond donors (Lipinski definition) is 3. The topological polar surface area (TPSA) is 87.3 Å². The molecule has 0 radical (unpaired) electrons. The van der Waals surface area contributed by atoms with Crippen LogP contribution in [0.1, 0.15) is 47.9 Å². The molecule has 0 saturated carbocycles. The molecule has 3 N–H and O–H groups in total. The second kappa shape index (κ2) is 9.90. The smallest absolute Gasteiger partial charge is 0.255 e. The third-order valence-corrected chi connectivity index (χ3v) is 4.26. The average Bonchev–Trinajstić information content (AvgIpc) is 2.66. The lowest BCUT2D eigenvalue weighted by atomic mass is 10.1. The fourth-order valence-electron chi connectivity index (χ4n) is 2.31. The Hall–Kier alpha value is -2.86. The minimum atomic E-state index is -0.319. The van der Waals surface area contributed by atoms with Crippen molar-refractivity contribution in [2.45, 2.75) is 27.2 Å². The van der Waals surface area contributed by atoms with Gasteiger partial charge < -0.3 is 16.0 Å². The van der Waals surface area contributed by atoms with Crippen molar-refractivity contribution in [2.24, 2.45) is 5.92 Å². The summed E-state index contributed by atoms with van der Waals surface area (Å²) < 4.78 is 0. The summed E-state index contributed by atoms with van der Waals surface area (Å²) in [4.78, 5) is 36.1. The number of amides is 3. The summed E-state index contributed by atoms with van der Waals surface area (Å²) in [5, 5.41) is 8.54. The highest BCUT2D eigenvalue weighted by molar-refractivity contribution is 6.34. The summed E-state index contributed by atoms with van der Waals surface area (Å²) >= 11 is 6.18. The molecule has 0 aliphatic rings. The van der Waals surface area contributed by atoms with Crippen LogP contribution in [0.15, 0.2) is 42.5 Å². The highest BCUT2D eigenvalue weighted by atomic mass is 35.5. The van der Waals surface area contributed by atoms with E-state index in [2.05, 4.69) is 16.0 Å². The Balaban J connectivity index is 2.03. The molecule has 0 saturated heterocycles. The van der Waals surface area contributed by atoms with Crippen LogP contribution in [0.4, 0.5) is 11.4 Å². The zero-order chi connectivity index (χ0) is 20.7. The predicted molar refractivity (Wildman–Crippen MR) is 112 cm³/mol. The van der Waals surface area contributed by atoms with E-state index in [1.807, 2.05) is 6.92 Å². The summed E-state index contributed by atoms with van der Waals surface area (Å²) in [6.45, 7) is 6.15. The molecule has 2 aromatic carbocycles. The van der Waals surface area contributed by atoms with Gasteiger partial charge in [-0.25, -0.2) is 0 Å². The van der Waals surface area contributed by atoms with E-state index >= 15 is 0 Å². The van der Waals surface area contributed by atoms with Crippen LogP contribution in [-0.4, -0.2) is 24.3 Å². The summed E-state index contributed by atoms with van der Waals surface area (Å²) in [5.41, 5.74) is 1.90. The summed E-state index contributed by atoms with van der Waals surface area (Å²) in [6.07, 6.45) is 0.831. The summed E-state index contributed by atoms with van der Waals surface area (Å²) in [5.74, 6) is -0.778. The van der Waals surface area contributed by atoms with Crippen molar-refractivity contribution in [3.63, 3.8) is 0 Å². The highest BCUT2D eigenvalue weighted by Gasteiger charge is 2.13. The maximum Gasteiger partial charge on any atom is 0.255 e. The van der Waals surface area contributed by atoms with Crippen LogP contribution in [0.2, 0.25) is 5.02 Å². The van der Waals surface area contributed by atoms with Gasteiger partial charge in [0.25, 0.3) is 11.8 Å². The Kier molecular flexibility index (Phi) is 7.58. The first kappa shape index (κ1) is 21.4. The van der Waals surface area contributed by atoms with Crippen molar-refractivity contribution >= 4 is 40.7 Å². The first-order valence-electron chi connectivity index (χ1n) is 9.11. The van der Waals surface area contributed by atoms with Gasteiger partial charge in [0.15, 0.2) is 0 Å². The van der Waals surface area contributed by atoms with E-state index < -0.39 is 0 Å². The fourth-order valence-corrected chi connectivity index (χ4v) is 2.57. The molecule has 148 valence electrons. The second-order valence-electron chi connectivity index (χ2n) is 6.63. The average molecular weight is 402 g/mol. The molecule has 0 aliphatic heterocycles. The number of benzene rings is 2. The number of nitrogens with one attached hydrogen (secondary N) is 3. The molecule has 0 spiro atoms. The van der Waals surface area contributed by atoms with Crippen LogP contribution in [0.25, 0.3) is 0 Å². The van der Waals surface area contributed by atoms with Gasteiger partial charge in [-0.2, -0.15) is 0 Å². The largest absolute Gasteiger partial charge is 0.352 e. The Morgan fingerprint density at radius 3 is 2.14 bits per heavy atom. The number of carbonyl (C=O) groups excluding carboxylic acids is 3. The van der Waals surface area contributed by atoms with E-state index in [0.29, 0.717) is 29.0 Å². The van der Waals surface area contributed by atoms with E-state index in [-0.39, 0.29) is 28.7 Å². The Morgan fingerprint density at radius 2 is 1.57 bits per heavy atom. The zero-order valence-electron chi connectivity index (χ0n) is 16.1. The Labute approximate surface area is 169 Å². The van der Waals surface area contributed by atoms with Gasteiger partial charge in [0, 0.05) is 29.4 Å². The molecule has 0 aromatic heterocycles. The molecular weight excluding hydrogens is 378 g/mol. The lowest BCUT2D eigenvalue weighted by Gasteiger charge is -2.10. The molecule has 7 heteroatoms. The second-order valence-corrected chi connectivity index (χ2v) is 7.03. The zero-order valence-corrected chi connectivity index (χ0v) is 16.9. The van der Waals surface area contributed by atoms with Gasteiger partial charge in [0.1, 0.15) is 0 Å². The van der Waals surface area contributed by atoms with E-state index in [4.69, 9.17) is 11.6 Å². The molecule has 0 aliphatic carbocycles. The van der Waals surface area contributed by atoms with Gasteiger partial charge in [-0.3, -0.25) is 14.4 Å². The number of rotatable bonds is 7. The Bertz CT molecular complexity index is 864. The molecular formula is C21H24ClN3O3. The van der Waals surface area contributed by atoms with Crippen molar-refractivity contribution in [2.75, 3.05) is 17.2 Å². The standard InChI is InChI=1S/C21H24ClN3O3/c1-4-11-23-21(28)17-10-9-16(12-18(17)22)25-20(27)14-5-7-15(8-6-14)24-19(26)13(2)3/h5-10,12-13H,4,11H2,1-3H3,(H,23,28)(H,24,26)(H,25,27). The third kappa shape index (κ3) is 5.82. The monoisotopic (exact) mass is 401 g/mol. The van der Waals surface area contributed by atoms with E-state index in [1.54, 1.807) is 50.2 Å². The van der Waals surface area contributed by atoms with E-state index in [0.717, 1.165) is 6.42 Å². The number of hydrogen-bond acceptors (Lipinski definition) is 3. The lowest BCUT2D eigenvalue weighted by molar-refractivity contribution is -0.118. The van der Waals surface area contributed by atoms with Gasteiger partial charge in [-0.1, -0.05) is 32.4 Å². The number of halogens is 1. The number of carbonyl (C=O) groups is 3. The van der Waals surface area contributed by atoms with Crippen molar-refractivity contribution in [1.29, 1.82) is 0 Å². The lowest BCUT2D eigenvalue weighted by Crippen LogP contribution is -2.24. The first-order valence-corrected chi connectivity index (χ1v) is 9.49. The molecule has 2 aromatic rings. The molecule has 0 bridgehead atoms. The van der Waals surface area contributed by atoms with Gasteiger partial charge >= 0.3 is 0 Å². The fraction of sp³-hybridized carbons (Fsp3) is 0.286. The maximum absolute atomic E-state index is 12.4. The van der Waals surface area contributed by atoms with Crippen molar-refractivity contribution < 1.29 is 14.4 Å². The van der Waals surface area contributed by atoms with E-state index in [9.17, 15) is 14.4 Å². The minimum absolute atomic E-state index is 0.0880. The van der Waals surface area contributed by atoms with Gasteiger partial charge in [0.05, 0.1) is 10.6 Å². The summed E-state index contributed by atoms with van der Waals surface area (Å²) in [7, 11) is 0. The molecule has 0 fully saturated rings. The van der Waals surface area contributed by atoms with Gasteiger partial charge in [-0.15, -0.1) is 0 Å². The van der Waals surface area contributed by atoms with Gasteiger partial charge in [-0.05, 0) is 48.9 Å². The molecule has 2 rings (SSSR count). The molecule has 6 nitrogen and oxygen atoms in total. The summed E-state index contributed by atoms with van der Waals surface area (Å²) in [6, 6.07) is 11.3. The van der Waals surface area contributed by atoms with Crippen LogP contribution >= 0.6 is 11.6 Å². The maximum atomic E-state index is 12.4. The van der Waals surface area contributed by atoms with Crippen LogP contribution < -0.4 is 16.0 Å². The van der Waals surface area contributed by atoms with Crippen LogP contribution in [0, 0.1) is 5.92 Å². The normalized spacial score (nSPS) is 10.5. The molecule has 0 atom stereocenters. The highest BCUT2D eigenvalue weighted by Crippen LogP contribution is 2.22. The van der Waals surface area contributed by atoms with Crippen LogP contribution in [0.5, 0.6) is 0 Å². The predicted octanol–water partition coefficient (Wildman–Crippen LogP) is 4.33. The van der Waals surface area contributed by atoms with Crippen LogP contribution in [-0.2, 0) is 4.79 Å². The van der Waals surface area contributed by atoms with Gasteiger partial charge in [0.2, 0.25) is 5.91 Å². The van der Waals surface area contributed by atoms with Crippen molar-refractivity contribution in [1.82, 2.24) is 5.32 Å². The third-order valence-electron chi connectivity index (χ3n) is 3.95. The minimum Gasteiger partial charge on any atom is -0.352 e. The molecule has 3 amide bonds. The molecule has 28 heavy (non-hydrogen) atoms. The van der Waals surface area contributed by atoms with Crippen LogP contribution in [0.3, 0.4) is 0 Å². The van der Waals surface area contributed by atoms with E-state index in [1.165, 1.54) is 6.07 Å². The first-order chi connectivity index (χ1) is 13.3.